The molecule has 0 unspecified atom stereocenters. The topological polar surface area (TPSA) is 38.7 Å². The number of benzene rings is 6. The second-order valence-electron chi connectivity index (χ2n) is 14.1. The van der Waals surface area contributed by atoms with Crippen molar-refractivity contribution in [1.29, 1.82) is 0 Å². The Morgan fingerprint density at radius 3 is 1.61 bits per heavy atom. The second kappa shape index (κ2) is 11.0. The summed E-state index contributed by atoms with van der Waals surface area (Å²) in [6, 6.07) is 49.6. The Balaban J connectivity index is 1.17. The van der Waals surface area contributed by atoms with Crippen molar-refractivity contribution in [2.75, 3.05) is 0 Å². The monoisotopic (exact) mass is 649 g/mol. The number of hydrogen-bond acceptors (Lipinski definition) is 4. The molecule has 8 aromatic rings. The van der Waals surface area contributed by atoms with E-state index in [0.29, 0.717) is 17.5 Å². The van der Waals surface area contributed by atoms with E-state index < -0.39 is 0 Å². The number of hydrogen-bond donors (Lipinski definition) is 0. The van der Waals surface area contributed by atoms with E-state index in [1.165, 1.54) is 48.0 Å². The minimum absolute atomic E-state index is 0.0115. The molecule has 0 N–H and O–H groups in total. The first-order chi connectivity index (χ1) is 23.8. The number of fused-ring (bicyclic) bond motifs is 6. The van der Waals surface area contributed by atoms with Crippen LogP contribution < -0.4 is 0 Å². The molecule has 0 fully saturated rings. The normalized spacial score (nSPS) is 14.4. The van der Waals surface area contributed by atoms with Gasteiger partial charge in [-0.2, -0.15) is 0 Å². The van der Waals surface area contributed by atoms with E-state index in [0.717, 1.165) is 22.3 Å². The van der Waals surface area contributed by atoms with Crippen LogP contribution in [0.1, 0.15) is 38.8 Å². The molecule has 0 radical (unpaired) electrons. The van der Waals surface area contributed by atoms with Crippen LogP contribution in [0.4, 0.5) is 0 Å². The number of nitrogens with zero attached hydrogens (tertiary/aromatic N) is 3. The van der Waals surface area contributed by atoms with Crippen LogP contribution in [0.3, 0.4) is 0 Å². The summed E-state index contributed by atoms with van der Waals surface area (Å²) < 4.78 is 2.65. The Bertz CT molecular complexity index is 2490. The van der Waals surface area contributed by atoms with Crippen LogP contribution in [0.5, 0.6) is 0 Å². The van der Waals surface area contributed by atoms with Crippen molar-refractivity contribution >= 4 is 31.5 Å². The van der Waals surface area contributed by atoms with Crippen molar-refractivity contribution < 1.29 is 0 Å². The van der Waals surface area contributed by atoms with E-state index in [-0.39, 0.29) is 10.8 Å². The average Bonchev–Trinajstić information content (AvgIpc) is 3.51. The molecule has 4 heteroatoms. The summed E-state index contributed by atoms with van der Waals surface area (Å²) in [6.45, 7) is 9.60. The third-order valence-corrected chi connectivity index (χ3v) is 12.0. The summed E-state index contributed by atoms with van der Waals surface area (Å²) in [5.41, 5.74) is 10.8. The molecule has 0 saturated carbocycles. The summed E-state index contributed by atoms with van der Waals surface area (Å²) in [5.74, 6) is 1.99. The van der Waals surface area contributed by atoms with Gasteiger partial charge in [-0.1, -0.05) is 137 Å². The van der Waals surface area contributed by atoms with E-state index in [1.807, 2.05) is 72.0 Å². The Kier molecular flexibility index (Phi) is 6.69. The SMILES string of the molecule is CC1(C)c2ccccc2-c2cc3c(cc2C1(C)C)sc1ccc(-c2cccc(-c4nc(-c5ccccc5)nc(-c5ccccc5)n4)c2)cc13. The van der Waals surface area contributed by atoms with Crippen molar-refractivity contribution in [2.45, 2.75) is 38.5 Å². The first-order valence-corrected chi connectivity index (χ1v) is 17.7. The van der Waals surface area contributed by atoms with Gasteiger partial charge in [-0.25, -0.2) is 15.0 Å². The summed E-state index contributed by atoms with van der Waals surface area (Å²) in [5, 5.41) is 2.61. The zero-order chi connectivity index (χ0) is 33.3. The van der Waals surface area contributed by atoms with Crippen molar-refractivity contribution in [1.82, 2.24) is 15.0 Å². The van der Waals surface area contributed by atoms with Crippen LogP contribution >= 0.6 is 11.3 Å². The van der Waals surface area contributed by atoms with Gasteiger partial charge in [0.1, 0.15) is 0 Å². The van der Waals surface area contributed by atoms with Gasteiger partial charge in [-0.15, -0.1) is 11.3 Å². The molecule has 0 spiro atoms. The van der Waals surface area contributed by atoms with Crippen LogP contribution in [0.25, 0.3) is 76.6 Å². The maximum absolute atomic E-state index is 4.98. The molecular weight excluding hydrogens is 615 g/mol. The fourth-order valence-electron chi connectivity index (χ4n) is 7.45. The lowest BCUT2D eigenvalue weighted by atomic mass is 9.55. The van der Waals surface area contributed by atoms with E-state index in [9.17, 15) is 0 Å². The van der Waals surface area contributed by atoms with Crippen molar-refractivity contribution in [3.8, 4) is 56.4 Å². The molecule has 0 aliphatic heterocycles. The minimum Gasteiger partial charge on any atom is -0.208 e. The van der Waals surface area contributed by atoms with Gasteiger partial charge in [-0.3, -0.25) is 0 Å². The lowest BCUT2D eigenvalue weighted by molar-refractivity contribution is 0.299. The van der Waals surface area contributed by atoms with E-state index in [2.05, 4.69) is 107 Å². The summed E-state index contributed by atoms with van der Waals surface area (Å²) in [4.78, 5) is 14.8. The van der Waals surface area contributed by atoms with E-state index >= 15 is 0 Å². The second-order valence-corrected chi connectivity index (χ2v) is 15.2. The van der Waals surface area contributed by atoms with Gasteiger partial charge in [0, 0.05) is 36.9 Å². The third kappa shape index (κ3) is 4.74. The standard InChI is InChI=1S/C45H35N3S/c1-44(2)37-21-12-11-20-33(37)34-26-36-35-25-31(22-23-39(35)49-40(36)27-38(34)45(44,3)4)30-18-13-19-32(24-30)43-47-41(28-14-7-5-8-15-28)46-42(48-43)29-16-9-6-10-17-29/h5-27H,1-4H3. The predicted molar refractivity (Wildman–Crippen MR) is 206 cm³/mol. The molecule has 3 nitrogen and oxygen atoms in total. The molecule has 0 bridgehead atoms. The Morgan fingerprint density at radius 1 is 0.388 bits per heavy atom. The average molecular weight is 650 g/mol. The zero-order valence-electron chi connectivity index (χ0n) is 28.0. The van der Waals surface area contributed by atoms with Gasteiger partial charge < -0.3 is 0 Å². The van der Waals surface area contributed by atoms with Crippen LogP contribution in [-0.2, 0) is 10.8 Å². The molecule has 6 aromatic carbocycles. The highest BCUT2D eigenvalue weighted by Crippen LogP contribution is 2.55. The smallest absolute Gasteiger partial charge is 0.164 e. The van der Waals surface area contributed by atoms with Crippen LogP contribution in [0, 0.1) is 0 Å². The molecule has 1 aliphatic rings. The van der Waals surface area contributed by atoms with Crippen LogP contribution in [0.15, 0.2) is 140 Å². The highest BCUT2D eigenvalue weighted by molar-refractivity contribution is 7.25. The number of thiophene rings is 1. The van der Waals surface area contributed by atoms with Crippen molar-refractivity contribution in [3.63, 3.8) is 0 Å². The molecule has 236 valence electrons. The highest BCUT2D eigenvalue weighted by atomic mass is 32.1. The van der Waals surface area contributed by atoms with Crippen LogP contribution in [0.2, 0.25) is 0 Å². The molecule has 0 saturated heterocycles. The lowest BCUT2D eigenvalue weighted by Crippen LogP contribution is -2.43. The maximum Gasteiger partial charge on any atom is 0.164 e. The fraction of sp³-hybridized carbons (Fsp3) is 0.133. The van der Waals surface area contributed by atoms with Gasteiger partial charge >= 0.3 is 0 Å². The first-order valence-electron chi connectivity index (χ1n) is 16.9. The molecule has 49 heavy (non-hydrogen) atoms. The van der Waals surface area contributed by atoms with Crippen molar-refractivity contribution in [2.24, 2.45) is 0 Å². The third-order valence-electron chi connectivity index (χ3n) is 10.9. The maximum atomic E-state index is 4.98. The van der Waals surface area contributed by atoms with Crippen LogP contribution in [-0.4, -0.2) is 15.0 Å². The van der Waals surface area contributed by atoms with Gasteiger partial charge in [-0.05, 0) is 74.5 Å². The minimum atomic E-state index is -0.0115. The molecular formula is C45H35N3S. The van der Waals surface area contributed by atoms with Crippen molar-refractivity contribution in [3.05, 3.63) is 151 Å². The summed E-state index contributed by atoms with van der Waals surface area (Å²) in [6.07, 6.45) is 0. The largest absolute Gasteiger partial charge is 0.208 e. The van der Waals surface area contributed by atoms with Gasteiger partial charge in [0.05, 0.1) is 0 Å². The Hall–Kier alpha value is -5.45. The predicted octanol–water partition coefficient (Wildman–Crippen LogP) is 12.1. The zero-order valence-corrected chi connectivity index (χ0v) is 28.8. The lowest BCUT2D eigenvalue weighted by Gasteiger charge is -2.48. The number of aromatic nitrogens is 3. The number of rotatable bonds is 4. The van der Waals surface area contributed by atoms with Gasteiger partial charge in [0.15, 0.2) is 17.5 Å². The highest BCUT2D eigenvalue weighted by Gasteiger charge is 2.45. The molecule has 0 atom stereocenters. The van der Waals surface area contributed by atoms with E-state index in [1.54, 1.807) is 0 Å². The van der Waals surface area contributed by atoms with E-state index in [4.69, 9.17) is 15.0 Å². The van der Waals surface area contributed by atoms with Gasteiger partial charge in [0.25, 0.3) is 0 Å². The molecule has 9 rings (SSSR count). The molecule has 2 heterocycles. The first kappa shape index (κ1) is 29.7. The van der Waals surface area contributed by atoms with Gasteiger partial charge in [0.2, 0.25) is 0 Å². The fourth-order valence-corrected chi connectivity index (χ4v) is 8.56. The quantitative estimate of drug-likeness (QED) is 0.190. The Labute approximate surface area is 291 Å². The molecule has 2 aromatic heterocycles. The molecule has 0 amide bonds. The Morgan fingerprint density at radius 2 is 0.918 bits per heavy atom. The molecule has 1 aliphatic carbocycles. The summed E-state index contributed by atoms with van der Waals surface area (Å²) in [7, 11) is 0. The summed E-state index contributed by atoms with van der Waals surface area (Å²) >= 11 is 1.89.